The molecule has 2 atom stereocenters. The van der Waals surface area contributed by atoms with E-state index in [1.165, 1.54) is 5.56 Å². The third-order valence-corrected chi connectivity index (χ3v) is 4.78. The normalized spacial score (nSPS) is 21.9. The van der Waals surface area contributed by atoms with E-state index in [1.807, 2.05) is 30.9 Å². The Morgan fingerprint density at radius 2 is 2.18 bits per heavy atom. The summed E-state index contributed by atoms with van der Waals surface area (Å²) in [6.07, 6.45) is 7.71. The van der Waals surface area contributed by atoms with Gasteiger partial charge in [-0.25, -0.2) is 4.98 Å². The van der Waals surface area contributed by atoms with Crippen molar-refractivity contribution in [2.24, 2.45) is 7.05 Å². The molecule has 0 radical (unpaired) electrons. The first-order valence-corrected chi connectivity index (χ1v) is 7.99. The minimum Gasteiger partial charge on any atom is -0.337 e. The van der Waals surface area contributed by atoms with Crippen molar-refractivity contribution < 1.29 is 0 Å². The van der Waals surface area contributed by atoms with E-state index in [2.05, 4.69) is 51.3 Å². The molecular weight excluding hydrogens is 274 g/mol. The lowest BCUT2D eigenvalue weighted by atomic mass is 10.1. The van der Waals surface area contributed by atoms with Crippen LogP contribution in [0.25, 0.3) is 0 Å². The van der Waals surface area contributed by atoms with Gasteiger partial charge in [0.1, 0.15) is 5.82 Å². The molecule has 2 aromatic heterocycles. The maximum atomic E-state index is 4.45. The van der Waals surface area contributed by atoms with Crippen LogP contribution in [-0.2, 0) is 13.6 Å². The number of nitrogens with zero attached hydrogens (tertiary/aromatic N) is 5. The molecule has 1 aliphatic rings. The molecule has 1 aliphatic heterocycles. The lowest BCUT2D eigenvalue weighted by Crippen LogP contribution is -2.52. The minimum atomic E-state index is 0.423. The topological polar surface area (TPSA) is 37.2 Å². The van der Waals surface area contributed by atoms with Gasteiger partial charge in [-0.15, -0.1) is 0 Å². The Morgan fingerprint density at radius 1 is 1.32 bits per heavy atom. The second kappa shape index (κ2) is 6.58. The van der Waals surface area contributed by atoms with Gasteiger partial charge < -0.3 is 4.57 Å². The van der Waals surface area contributed by atoms with E-state index in [9.17, 15) is 0 Å². The van der Waals surface area contributed by atoms with Gasteiger partial charge in [0, 0.05) is 63.6 Å². The summed E-state index contributed by atoms with van der Waals surface area (Å²) in [6, 6.07) is 5.14. The van der Waals surface area contributed by atoms with Crippen molar-refractivity contribution >= 4 is 0 Å². The fourth-order valence-electron chi connectivity index (χ4n) is 3.17. The van der Waals surface area contributed by atoms with Crippen LogP contribution in [0.2, 0.25) is 0 Å². The first-order valence-electron chi connectivity index (χ1n) is 7.99. The predicted octanol–water partition coefficient (Wildman–Crippen LogP) is 2.08. The molecule has 2 aromatic rings. The molecular formula is C17H25N5. The summed E-state index contributed by atoms with van der Waals surface area (Å²) in [6.45, 7) is 8.77. The van der Waals surface area contributed by atoms with Crippen molar-refractivity contribution in [2.75, 3.05) is 19.6 Å². The Labute approximate surface area is 132 Å². The molecule has 3 rings (SSSR count). The van der Waals surface area contributed by atoms with Crippen LogP contribution in [0.5, 0.6) is 0 Å². The van der Waals surface area contributed by atoms with Crippen LogP contribution < -0.4 is 0 Å². The van der Waals surface area contributed by atoms with E-state index in [0.717, 1.165) is 32.0 Å². The lowest BCUT2D eigenvalue weighted by Gasteiger charge is -2.42. The zero-order valence-electron chi connectivity index (χ0n) is 13.7. The van der Waals surface area contributed by atoms with Gasteiger partial charge in [0.05, 0.1) is 6.54 Å². The van der Waals surface area contributed by atoms with Crippen molar-refractivity contribution in [2.45, 2.75) is 32.5 Å². The van der Waals surface area contributed by atoms with Crippen LogP contribution in [0, 0.1) is 0 Å². The van der Waals surface area contributed by atoms with E-state index in [1.54, 1.807) is 0 Å². The van der Waals surface area contributed by atoms with Crippen molar-refractivity contribution in [3.63, 3.8) is 0 Å². The fourth-order valence-corrected chi connectivity index (χ4v) is 3.17. The summed E-state index contributed by atoms with van der Waals surface area (Å²) in [7, 11) is 2.06. The van der Waals surface area contributed by atoms with E-state index >= 15 is 0 Å². The van der Waals surface area contributed by atoms with Gasteiger partial charge in [-0.3, -0.25) is 14.8 Å². The molecule has 0 aromatic carbocycles. The van der Waals surface area contributed by atoms with Crippen molar-refractivity contribution in [3.05, 3.63) is 48.3 Å². The largest absolute Gasteiger partial charge is 0.337 e. The van der Waals surface area contributed by atoms with Crippen LogP contribution in [0.1, 0.15) is 31.3 Å². The summed E-state index contributed by atoms with van der Waals surface area (Å²) in [5, 5.41) is 0. The number of hydrogen-bond acceptors (Lipinski definition) is 4. The molecule has 0 bridgehead atoms. The van der Waals surface area contributed by atoms with Gasteiger partial charge in [0.25, 0.3) is 0 Å². The fraction of sp³-hybridized carbons (Fsp3) is 0.529. The summed E-state index contributed by atoms with van der Waals surface area (Å²) >= 11 is 0. The van der Waals surface area contributed by atoms with Gasteiger partial charge in [-0.1, -0.05) is 6.07 Å². The third-order valence-electron chi connectivity index (χ3n) is 4.78. The monoisotopic (exact) mass is 299 g/mol. The molecule has 1 saturated heterocycles. The average molecular weight is 299 g/mol. The molecule has 5 nitrogen and oxygen atoms in total. The molecule has 0 saturated carbocycles. The number of imidazole rings is 1. The minimum absolute atomic E-state index is 0.423. The van der Waals surface area contributed by atoms with E-state index in [4.69, 9.17) is 0 Å². The van der Waals surface area contributed by atoms with Crippen molar-refractivity contribution in [3.8, 4) is 0 Å². The highest BCUT2D eigenvalue weighted by Gasteiger charge is 2.27. The number of pyridine rings is 1. The maximum Gasteiger partial charge on any atom is 0.122 e. The quantitative estimate of drug-likeness (QED) is 0.866. The van der Waals surface area contributed by atoms with Gasteiger partial charge in [-0.2, -0.15) is 0 Å². The Hall–Kier alpha value is -1.72. The lowest BCUT2D eigenvalue weighted by molar-refractivity contribution is 0.0526. The molecule has 0 aliphatic carbocycles. The highest BCUT2D eigenvalue weighted by Crippen LogP contribution is 2.23. The Morgan fingerprint density at radius 3 is 2.82 bits per heavy atom. The molecule has 5 heteroatoms. The molecule has 0 unspecified atom stereocenters. The number of aromatic nitrogens is 3. The molecule has 0 N–H and O–H groups in total. The zero-order valence-corrected chi connectivity index (χ0v) is 13.7. The highest BCUT2D eigenvalue weighted by molar-refractivity contribution is 5.13. The summed E-state index contributed by atoms with van der Waals surface area (Å²) in [5.41, 5.74) is 1.30. The highest BCUT2D eigenvalue weighted by atomic mass is 15.3. The predicted molar refractivity (Wildman–Crippen MR) is 87.3 cm³/mol. The number of rotatable bonds is 4. The average Bonchev–Trinajstić information content (AvgIpc) is 2.94. The Kier molecular flexibility index (Phi) is 4.55. The van der Waals surface area contributed by atoms with E-state index in [-0.39, 0.29) is 0 Å². The zero-order chi connectivity index (χ0) is 15.5. The van der Waals surface area contributed by atoms with Crippen LogP contribution >= 0.6 is 0 Å². The molecule has 3 heterocycles. The molecule has 118 valence electrons. The van der Waals surface area contributed by atoms with E-state index < -0.39 is 0 Å². The van der Waals surface area contributed by atoms with Crippen molar-refractivity contribution in [1.82, 2.24) is 24.3 Å². The van der Waals surface area contributed by atoms with Crippen LogP contribution in [0.15, 0.2) is 36.9 Å². The van der Waals surface area contributed by atoms with Crippen LogP contribution in [0.3, 0.4) is 0 Å². The molecule has 0 amide bonds. The third kappa shape index (κ3) is 3.20. The summed E-state index contributed by atoms with van der Waals surface area (Å²) in [5.74, 6) is 1.14. The first kappa shape index (κ1) is 15.2. The second-order valence-corrected chi connectivity index (χ2v) is 6.23. The molecule has 0 spiro atoms. The Balaban J connectivity index is 1.61. The van der Waals surface area contributed by atoms with Crippen molar-refractivity contribution in [1.29, 1.82) is 0 Å². The van der Waals surface area contributed by atoms with Gasteiger partial charge in [-0.05, 0) is 25.5 Å². The second-order valence-electron chi connectivity index (χ2n) is 6.23. The number of piperazine rings is 1. The smallest absolute Gasteiger partial charge is 0.122 e. The van der Waals surface area contributed by atoms with Crippen LogP contribution in [-0.4, -0.2) is 50.0 Å². The summed E-state index contributed by atoms with van der Waals surface area (Å²) < 4.78 is 2.11. The molecule has 22 heavy (non-hydrogen) atoms. The van der Waals surface area contributed by atoms with Gasteiger partial charge in [0.2, 0.25) is 0 Å². The maximum absolute atomic E-state index is 4.45. The van der Waals surface area contributed by atoms with Gasteiger partial charge in [0.15, 0.2) is 0 Å². The van der Waals surface area contributed by atoms with Crippen LogP contribution in [0.4, 0.5) is 0 Å². The number of aryl methyl sites for hydroxylation is 1. The number of hydrogen-bond donors (Lipinski definition) is 0. The Bertz CT molecular complexity index is 594. The van der Waals surface area contributed by atoms with E-state index in [0.29, 0.717) is 12.1 Å². The SMILES string of the molecule is C[C@H]1CN([C@@H](C)c2cccnc2)CCN1Cc1nccn1C. The standard InChI is InChI=1S/C17H25N5/c1-14-12-22(15(2)16-5-4-6-18-11-16)10-9-21(14)13-17-19-7-8-20(17)3/h4-8,11,14-15H,9-10,12-13H2,1-3H3/t14-,15-/m0/s1. The molecule has 1 fully saturated rings. The van der Waals surface area contributed by atoms with Gasteiger partial charge >= 0.3 is 0 Å². The summed E-state index contributed by atoms with van der Waals surface area (Å²) in [4.78, 5) is 13.8. The first-order chi connectivity index (χ1) is 10.6.